The molecule has 1 fully saturated rings. The van der Waals surface area contributed by atoms with Gasteiger partial charge in [-0.2, -0.15) is 16.1 Å². The Labute approximate surface area is 149 Å². The standard InChI is InChI=1S/C16H18FNO3S3/c1-21-13-5-4-12(17)11-16(13)24(19,20)18-7-6-15(23-10-8-18)14-3-2-9-22-14/h2-5,9,11,15H,6-8,10H2,1H3/t15-/m0/s1. The number of halogens is 1. The van der Waals surface area contributed by atoms with E-state index in [-0.39, 0.29) is 10.6 Å². The molecule has 0 radical (unpaired) electrons. The molecule has 0 amide bonds. The normalized spacial score (nSPS) is 19.8. The zero-order valence-electron chi connectivity index (χ0n) is 13.1. The van der Waals surface area contributed by atoms with Crippen LogP contribution in [0, 0.1) is 5.82 Å². The van der Waals surface area contributed by atoms with E-state index in [1.807, 2.05) is 11.4 Å². The van der Waals surface area contributed by atoms with Crippen LogP contribution < -0.4 is 4.74 Å². The molecule has 1 aromatic heterocycles. The molecule has 2 aromatic rings. The molecule has 24 heavy (non-hydrogen) atoms. The number of nitrogens with zero attached hydrogens (tertiary/aromatic N) is 1. The summed E-state index contributed by atoms with van der Waals surface area (Å²) in [6.45, 7) is 0.826. The first-order valence-electron chi connectivity index (χ1n) is 7.51. The lowest BCUT2D eigenvalue weighted by Crippen LogP contribution is -2.33. The molecule has 3 rings (SSSR count). The summed E-state index contributed by atoms with van der Waals surface area (Å²) in [5.74, 6) is 0.289. The van der Waals surface area contributed by atoms with Crippen molar-refractivity contribution in [1.82, 2.24) is 4.31 Å². The minimum absolute atomic E-state index is 0.107. The van der Waals surface area contributed by atoms with Crippen LogP contribution in [0.2, 0.25) is 0 Å². The molecule has 0 spiro atoms. The van der Waals surface area contributed by atoms with E-state index in [1.54, 1.807) is 23.1 Å². The van der Waals surface area contributed by atoms with Crippen LogP contribution in [0.5, 0.6) is 5.75 Å². The monoisotopic (exact) mass is 387 g/mol. The third-order valence-corrected chi connectivity index (χ3v) is 8.27. The number of thiophene rings is 1. The van der Waals surface area contributed by atoms with Crippen LogP contribution >= 0.6 is 23.1 Å². The predicted molar refractivity (Wildman–Crippen MR) is 95.8 cm³/mol. The van der Waals surface area contributed by atoms with E-state index in [4.69, 9.17) is 4.74 Å². The Kier molecular flexibility index (Phi) is 5.49. The van der Waals surface area contributed by atoms with Gasteiger partial charge in [0.25, 0.3) is 0 Å². The van der Waals surface area contributed by atoms with Gasteiger partial charge in [-0.3, -0.25) is 0 Å². The van der Waals surface area contributed by atoms with Gasteiger partial charge >= 0.3 is 0 Å². The Bertz CT molecular complexity index is 793. The average Bonchev–Trinajstić information content (AvgIpc) is 2.98. The van der Waals surface area contributed by atoms with Crippen molar-refractivity contribution in [2.75, 3.05) is 26.0 Å². The molecule has 8 heteroatoms. The fourth-order valence-corrected chi connectivity index (χ4v) is 6.66. The Morgan fingerprint density at radius 2 is 2.12 bits per heavy atom. The van der Waals surface area contributed by atoms with Crippen LogP contribution in [0.1, 0.15) is 16.5 Å². The van der Waals surface area contributed by atoms with E-state index in [0.717, 1.165) is 12.5 Å². The maximum absolute atomic E-state index is 13.6. The van der Waals surface area contributed by atoms with Gasteiger partial charge in [0.05, 0.1) is 7.11 Å². The molecule has 0 unspecified atom stereocenters. The lowest BCUT2D eigenvalue weighted by molar-refractivity contribution is 0.391. The number of hydrogen-bond acceptors (Lipinski definition) is 5. The van der Waals surface area contributed by atoms with Crippen molar-refractivity contribution in [3.05, 3.63) is 46.4 Å². The maximum atomic E-state index is 13.6. The van der Waals surface area contributed by atoms with Crippen molar-refractivity contribution in [3.63, 3.8) is 0 Å². The molecule has 2 heterocycles. The molecule has 1 aliphatic rings. The zero-order chi connectivity index (χ0) is 17.2. The highest BCUT2D eigenvalue weighted by Gasteiger charge is 2.31. The molecular formula is C16H18FNO3S3. The SMILES string of the molecule is COc1ccc(F)cc1S(=O)(=O)N1CCS[C@H](c2cccs2)CC1. The van der Waals surface area contributed by atoms with Crippen LogP contribution in [0.15, 0.2) is 40.6 Å². The van der Waals surface area contributed by atoms with Crippen molar-refractivity contribution < 1.29 is 17.5 Å². The number of hydrogen-bond donors (Lipinski definition) is 0. The quantitative estimate of drug-likeness (QED) is 0.801. The number of thioether (sulfide) groups is 1. The Balaban J connectivity index is 1.84. The van der Waals surface area contributed by atoms with Crippen LogP contribution in [-0.2, 0) is 10.0 Å². The number of methoxy groups -OCH3 is 1. The van der Waals surface area contributed by atoms with Crippen molar-refractivity contribution in [1.29, 1.82) is 0 Å². The summed E-state index contributed by atoms with van der Waals surface area (Å²) in [7, 11) is -2.40. The maximum Gasteiger partial charge on any atom is 0.246 e. The molecular weight excluding hydrogens is 369 g/mol. The summed E-state index contributed by atoms with van der Waals surface area (Å²) >= 11 is 3.46. The fourth-order valence-electron chi connectivity index (χ4n) is 2.68. The second-order valence-electron chi connectivity index (χ2n) is 5.36. The summed E-state index contributed by atoms with van der Waals surface area (Å²) in [5, 5.41) is 2.34. The summed E-state index contributed by atoms with van der Waals surface area (Å²) < 4.78 is 46.0. The van der Waals surface area contributed by atoms with Crippen LogP contribution in [0.4, 0.5) is 4.39 Å². The molecule has 1 aromatic carbocycles. The minimum atomic E-state index is -3.78. The van der Waals surface area contributed by atoms with Gasteiger partial charge in [0, 0.05) is 29.0 Å². The largest absolute Gasteiger partial charge is 0.495 e. The molecule has 1 saturated heterocycles. The topological polar surface area (TPSA) is 46.6 Å². The highest BCUT2D eigenvalue weighted by atomic mass is 32.2. The van der Waals surface area contributed by atoms with E-state index in [0.29, 0.717) is 24.1 Å². The molecule has 0 bridgehead atoms. The third-order valence-electron chi connectivity index (χ3n) is 3.90. The van der Waals surface area contributed by atoms with E-state index in [9.17, 15) is 12.8 Å². The predicted octanol–water partition coefficient (Wildman–Crippen LogP) is 3.76. The van der Waals surface area contributed by atoms with E-state index >= 15 is 0 Å². The first-order valence-corrected chi connectivity index (χ1v) is 10.9. The molecule has 1 atom stereocenters. The summed E-state index contributed by atoms with van der Waals surface area (Å²) in [4.78, 5) is 1.16. The second-order valence-corrected chi connectivity index (χ2v) is 9.56. The fraction of sp³-hybridized carbons (Fsp3) is 0.375. The molecule has 0 saturated carbocycles. The van der Waals surface area contributed by atoms with Crippen molar-refractivity contribution in [2.45, 2.75) is 16.6 Å². The highest BCUT2D eigenvalue weighted by Crippen LogP contribution is 2.38. The first-order chi connectivity index (χ1) is 11.5. The van der Waals surface area contributed by atoms with Gasteiger partial charge in [-0.15, -0.1) is 11.3 Å². The lowest BCUT2D eigenvalue weighted by Gasteiger charge is -2.21. The Hall–Kier alpha value is -1.09. The van der Waals surface area contributed by atoms with Crippen LogP contribution in [0.25, 0.3) is 0 Å². The van der Waals surface area contributed by atoms with Crippen LogP contribution in [0.3, 0.4) is 0 Å². The number of ether oxygens (including phenoxy) is 1. The van der Waals surface area contributed by atoms with Gasteiger partial charge in [-0.05, 0) is 36.1 Å². The first kappa shape index (κ1) is 17.7. The zero-order valence-corrected chi connectivity index (χ0v) is 15.6. The van der Waals surface area contributed by atoms with Gasteiger partial charge in [0.1, 0.15) is 16.5 Å². The van der Waals surface area contributed by atoms with Gasteiger partial charge in [-0.1, -0.05) is 6.07 Å². The van der Waals surface area contributed by atoms with E-state index < -0.39 is 15.8 Å². The van der Waals surface area contributed by atoms with Crippen molar-refractivity contribution >= 4 is 33.1 Å². The summed E-state index contributed by atoms with van der Waals surface area (Å²) in [6.07, 6.45) is 0.738. The Morgan fingerprint density at radius 3 is 2.83 bits per heavy atom. The number of benzene rings is 1. The smallest absolute Gasteiger partial charge is 0.246 e. The molecule has 4 nitrogen and oxygen atoms in total. The summed E-state index contributed by atoms with van der Waals surface area (Å²) in [6, 6.07) is 7.68. The molecule has 0 N–H and O–H groups in total. The van der Waals surface area contributed by atoms with Crippen molar-refractivity contribution in [2.24, 2.45) is 0 Å². The number of rotatable bonds is 4. The number of sulfonamides is 1. The summed E-state index contributed by atoms with van der Waals surface area (Å²) in [5.41, 5.74) is 0. The van der Waals surface area contributed by atoms with Crippen LogP contribution in [-0.4, -0.2) is 38.7 Å². The Morgan fingerprint density at radius 1 is 1.29 bits per heavy atom. The second kappa shape index (κ2) is 7.43. The van der Waals surface area contributed by atoms with Gasteiger partial charge in [-0.25, -0.2) is 12.8 Å². The molecule has 1 aliphatic heterocycles. The highest BCUT2D eigenvalue weighted by molar-refractivity contribution is 7.99. The van der Waals surface area contributed by atoms with Gasteiger partial charge < -0.3 is 4.74 Å². The third kappa shape index (κ3) is 3.61. The van der Waals surface area contributed by atoms with E-state index in [2.05, 4.69) is 6.07 Å². The van der Waals surface area contributed by atoms with E-state index in [1.165, 1.54) is 28.4 Å². The van der Waals surface area contributed by atoms with Crippen molar-refractivity contribution in [3.8, 4) is 5.75 Å². The minimum Gasteiger partial charge on any atom is -0.495 e. The van der Waals surface area contributed by atoms with Gasteiger partial charge in [0.2, 0.25) is 10.0 Å². The average molecular weight is 388 g/mol. The molecule has 130 valence electrons. The lowest BCUT2D eigenvalue weighted by atomic mass is 10.2. The van der Waals surface area contributed by atoms with Gasteiger partial charge in [0.15, 0.2) is 0 Å². The molecule has 0 aliphatic carbocycles.